The zero-order chi connectivity index (χ0) is 17.0. The number of rotatable bonds is 3. The molecule has 0 bridgehead atoms. The molecule has 3 N–H and O–H groups in total. The maximum Gasteiger partial charge on any atom is 0.318 e. The number of amides is 3. The first kappa shape index (κ1) is 17.8. The molecule has 2 unspecified atom stereocenters. The van der Waals surface area contributed by atoms with Crippen LogP contribution < -0.4 is 11.1 Å². The van der Waals surface area contributed by atoms with Gasteiger partial charge in [-0.2, -0.15) is 0 Å². The highest BCUT2D eigenvalue weighted by Gasteiger charge is 2.54. The molecule has 3 aliphatic carbocycles. The molecule has 0 aromatic carbocycles. The zero-order valence-corrected chi connectivity index (χ0v) is 15.0. The van der Waals surface area contributed by atoms with Crippen molar-refractivity contribution in [3.63, 3.8) is 0 Å². The molecule has 2 atom stereocenters. The van der Waals surface area contributed by atoms with Crippen molar-refractivity contribution in [3.8, 4) is 0 Å². The van der Waals surface area contributed by atoms with Crippen molar-refractivity contribution in [2.45, 2.75) is 89.9 Å². The predicted molar refractivity (Wildman–Crippen MR) is 95.3 cm³/mol. The van der Waals surface area contributed by atoms with Crippen LogP contribution in [0.25, 0.3) is 0 Å². The first-order valence-electron chi connectivity index (χ1n) is 10.3. The molecule has 0 radical (unpaired) electrons. The zero-order valence-electron chi connectivity index (χ0n) is 15.0. The Labute approximate surface area is 146 Å². The SMILES string of the molecule is NC(=O)NC(=O)C1(C2CCCCC2)CCCCC1C1CCCCC1. The summed E-state index contributed by atoms with van der Waals surface area (Å²) in [5.74, 6) is 1.52. The Balaban J connectivity index is 1.92. The first-order chi connectivity index (χ1) is 11.6. The summed E-state index contributed by atoms with van der Waals surface area (Å²) in [5.41, 5.74) is 5.00. The third kappa shape index (κ3) is 3.48. The summed E-state index contributed by atoms with van der Waals surface area (Å²) in [6.45, 7) is 0. The fourth-order valence-corrected chi connectivity index (χ4v) is 6.24. The number of imide groups is 1. The highest BCUT2D eigenvalue weighted by molar-refractivity contribution is 5.97. The molecular weight excluding hydrogens is 300 g/mol. The van der Waals surface area contributed by atoms with Crippen molar-refractivity contribution in [2.24, 2.45) is 28.9 Å². The van der Waals surface area contributed by atoms with Crippen molar-refractivity contribution >= 4 is 11.9 Å². The Morgan fingerprint density at radius 1 is 0.792 bits per heavy atom. The van der Waals surface area contributed by atoms with E-state index in [4.69, 9.17) is 5.73 Å². The molecular formula is C20H34N2O2. The van der Waals surface area contributed by atoms with Gasteiger partial charge in [0.2, 0.25) is 5.91 Å². The molecule has 3 saturated carbocycles. The van der Waals surface area contributed by atoms with E-state index in [0.717, 1.165) is 32.1 Å². The second-order valence-electron chi connectivity index (χ2n) is 8.44. The van der Waals surface area contributed by atoms with Gasteiger partial charge in [-0.1, -0.05) is 64.2 Å². The Hall–Kier alpha value is -1.06. The summed E-state index contributed by atoms with van der Waals surface area (Å²) in [4.78, 5) is 24.7. The average Bonchev–Trinajstić information content (AvgIpc) is 2.62. The minimum absolute atomic E-state index is 0.0443. The van der Waals surface area contributed by atoms with E-state index >= 15 is 0 Å². The number of hydrogen-bond acceptors (Lipinski definition) is 2. The summed E-state index contributed by atoms with van der Waals surface area (Å²) in [6.07, 6.45) is 17.0. The van der Waals surface area contributed by atoms with Crippen LogP contribution in [0.4, 0.5) is 4.79 Å². The molecule has 3 aliphatic rings. The summed E-state index contributed by atoms with van der Waals surface area (Å²) < 4.78 is 0. The molecule has 3 fully saturated rings. The summed E-state index contributed by atoms with van der Waals surface area (Å²) in [5, 5.41) is 2.52. The predicted octanol–water partition coefficient (Wildman–Crippen LogP) is 4.52. The minimum atomic E-state index is -0.678. The van der Waals surface area contributed by atoms with Gasteiger partial charge in [-0.15, -0.1) is 0 Å². The van der Waals surface area contributed by atoms with Crippen LogP contribution in [-0.4, -0.2) is 11.9 Å². The molecule has 3 rings (SSSR count). The quantitative estimate of drug-likeness (QED) is 0.796. The van der Waals surface area contributed by atoms with Crippen LogP contribution in [-0.2, 0) is 4.79 Å². The van der Waals surface area contributed by atoms with Crippen LogP contribution in [0.5, 0.6) is 0 Å². The molecule has 4 nitrogen and oxygen atoms in total. The molecule has 0 aliphatic heterocycles. The molecule has 0 aromatic heterocycles. The second-order valence-corrected chi connectivity index (χ2v) is 8.44. The highest BCUT2D eigenvalue weighted by atomic mass is 16.2. The van der Waals surface area contributed by atoms with E-state index in [9.17, 15) is 9.59 Å². The Morgan fingerprint density at radius 2 is 1.38 bits per heavy atom. The van der Waals surface area contributed by atoms with Crippen molar-refractivity contribution in [1.82, 2.24) is 5.32 Å². The van der Waals surface area contributed by atoms with Gasteiger partial charge in [0.1, 0.15) is 0 Å². The third-order valence-electron chi connectivity index (χ3n) is 7.23. The van der Waals surface area contributed by atoms with Crippen LogP contribution in [0.15, 0.2) is 0 Å². The maximum absolute atomic E-state index is 13.3. The Morgan fingerprint density at radius 3 is 2.00 bits per heavy atom. The number of nitrogens with one attached hydrogen (secondary N) is 1. The van der Waals surface area contributed by atoms with Crippen molar-refractivity contribution < 1.29 is 9.59 Å². The smallest absolute Gasteiger partial charge is 0.318 e. The van der Waals surface area contributed by atoms with Gasteiger partial charge in [-0.05, 0) is 43.4 Å². The number of carbonyl (C=O) groups excluding carboxylic acids is 2. The molecule has 0 spiro atoms. The lowest BCUT2D eigenvalue weighted by molar-refractivity contribution is -0.145. The van der Waals surface area contributed by atoms with Gasteiger partial charge >= 0.3 is 6.03 Å². The topological polar surface area (TPSA) is 72.2 Å². The number of hydrogen-bond donors (Lipinski definition) is 2. The summed E-state index contributed by atoms with van der Waals surface area (Å²) >= 11 is 0. The molecule has 136 valence electrons. The van der Waals surface area contributed by atoms with E-state index in [1.165, 1.54) is 57.8 Å². The first-order valence-corrected chi connectivity index (χ1v) is 10.3. The van der Waals surface area contributed by atoms with Crippen molar-refractivity contribution in [1.29, 1.82) is 0 Å². The van der Waals surface area contributed by atoms with E-state index in [-0.39, 0.29) is 11.3 Å². The summed E-state index contributed by atoms with van der Waals surface area (Å²) in [7, 11) is 0. The molecule has 0 saturated heterocycles. The van der Waals surface area contributed by atoms with Crippen LogP contribution in [0.3, 0.4) is 0 Å². The van der Waals surface area contributed by atoms with Crippen LogP contribution in [0, 0.1) is 23.2 Å². The standard InChI is InChI=1S/C20H34N2O2/c21-19(24)22-18(23)20(16-11-5-2-6-12-16)14-8-7-13-17(20)15-9-3-1-4-10-15/h15-17H,1-14H2,(H3,21,22,23,24). The largest absolute Gasteiger partial charge is 0.351 e. The number of carbonyl (C=O) groups is 2. The van der Waals surface area contributed by atoms with Gasteiger partial charge in [-0.25, -0.2) is 4.79 Å². The van der Waals surface area contributed by atoms with Crippen molar-refractivity contribution in [3.05, 3.63) is 0 Å². The van der Waals surface area contributed by atoms with E-state index in [1.807, 2.05) is 0 Å². The fourth-order valence-electron chi connectivity index (χ4n) is 6.24. The minimum Gasteiger partial charge on any atom is -0.351 e. The van der Waals surface area contributed by atoms with E-state index < -0.39 is 6.03 Å². The summed E-state index contributed by atoms with van der Waals surface area (Å²) in [6, 6.07) is -0.678. The van der Waals surface area contributed by atoms with Gasteiger partial charge in [0.15, 0.2) is 0 Å². The van der Waals surface area contributed by atoms with E-state index in [0.29, 0.717) is 17.8 Å². The fraction of sp³-hybridized carbons (Fsp3) is 0.900. The van der Waals surface area contributed by atoms with Gasteiger partial charge < -0.3 is 5.73 Å². The molecule has 3 amide bonds. The molecule has 4 heteroatoms. The van der Waals surface area contributed by atoms with Gasteiger partial charge in [-0.3, -0.25) is 10.1 Å². The number of urea groups is 1. The van der Waals surface area contributed by atoms with Crippen LogP contribution in [0.1, 0.15) is 89.9 Å². The third-order valence-corrected chi connectivity index (χ3v) is 7.23. The van der Waals surface area contributed by atoms with Gasteiger partial charge in [0.05, 0.1) is 5.41 Å². The Bertz CT molecular complexity index is 453. The lowest BCUT2D eigenvalue weighted by Gasteiger charge is -2.52. The normalized spacial score (nSPS) is 33.1. The Kier molecular flexibility index (Phi) is 5.83. The maximum atomic E-state index is 13.3. The van der Waals surface area contributed by atoms with E-state index in [1.54, 1.807) is 0 Å². The van der Waals surface area contributed by atoms with Crippen molar-refractivity contribution in [2.75, 3.05) is 0 Å². The number of nitrogens with two attached hydrogens (primary N) is 1. The molecule has 24 heavy (non-hydrogen) atoms. The monoisotopic (exact) mass is 334 g/mol. The van der Waals surface area contributed by atoms with E-state index in [2.05, 4.69) is 5.32 Å². The lowest BCUT2D eigenvalue weighted by atomic mass is 9.52. The average molecular weight is 335 g/mol. The lowest BCUT2D eigenvalue weighted by Crippen LogP contribution is -2.56. The molecule has 0 heterocycles. The highest BCUT2D eigenvalue weighted by Crippen LogP contribution is 2.56. The number of primary amides is 1. The van der Waals surface area contributed by atoms with Crippen LogP contribution >= 0.6 is 0 Å². The van der Waals surface area contributed by atoms with Gasteiger partial charge in [0, 0.05) is 0 Å². The van der Waals surface area contributed by atoms with Gasteiger partial charge in [0.25, 0.3) is 0 Å². The van der Waals surface area contributed by atoms with Crippen LogP contribution in [0.2, 0.25) is 0 Å². The second kappa shape index (κ2) is 7.88. The molecule has 0 aromatic rings.